The Morgan fingerprint density at radius 3 is 2.24 bits per heavy atom. The van der Waals surface area contributed by atoms with Crippen LogP contribution >= 0.6 is 11.6 Å². The lowest BCUT2D eigenvalue weighted by Crippen LogP contribution is -2.50. The SMILES string of the molecule is Cc1cc(C)cc(NC(=O)N2CCN(c3cc(Cl)ccc3C)CC2)c1. The molecule has 0 atom stereocenters. The van der Waals surface area contributed by atoms with Crippen LogP contribution in [0.15, 0.2) is 36.4 Å². The fraction of sp³-hybridized carbons (Fsp3) is 0.350. The zero-order valence-electron chi connectivity index (χ0n) is 15.0. The van der Waals surface area contributed by atoms with Crippen LogP contribution in [0.4, 0.5) is 16.2 Å². The van der Waals surface area contributed by atoms with Crippen LogP contribution in [0.3, 0.4) is 0 Å². The van der Waals surface area contributed by atoms with Gasteiger partial charge in [0.25, 0.3) is 0 Å². The van der Waals surface area contributed by atoms with E-state index in [0.29, 0.717) is 13.1 Å². The summed E-state index contributed by atoms with van der Waals surface area (Å²) in [5.74, 6) is 0. The lowest BCUT2D eigenvalue weighted by molar-refractivity contribution is 0.208. The molecule has 1 aliphatic rings. The average Bonchev–Trinajstić information content (AvgIpc) is 2.56. The van der Waals surface area contributed by atoms with Gasteiger partial charge in [-0.25, -0.2) is 4.79 Å². The second kappa shape index (κ2) is 7.36. The molecule has 1 aliphatic heterocycles. The summed E-state index contributed by atoms with van der Waals surface area (Å²) in [4.78, 5) is 16.7. The summed E-state index contributed by atoms with van der Waals surface area (Å²) >= 11 is 6.13. The Morgan fingerprint density at radius 2 is 1.60 bits per heavy atom. The van der Waals surface area contributed by atoms with Gasteiger partial charge in [-0.2, -0.15) is 0 Å². The van der Waals surface area contributed by atoms with Crippen molar-refractivity contribution in [3.8, 4) is 0 Å². The number of piperazine rings is 1. The Balaban J connectivity index is 1.61. The highest BCUT2D eigenvalue weighted by Crippen LogP contribution is 2.25. The van der Waals surface area contributed by atoms with Crippen molar-refractivity contribution >= 4 is 29.0 Å². The first-order chi connectivity index (χ1) is 11.9. The molecule has 0 bridgehead atoms. The van der Waals surface area contributed by atoms with Gasteiger partial charge in [-0.15, -0.1) is 0 Å². The van der Waals surface area contributed by atoms with Crippen molar-refractivity contribution in [2.45, 2.75) is 20.8 Å². The van der Waals surface area contributed by atoms with Gasteiger partial charge in [-0.1, -0.05) is 23.7 Å². The van der Waals surface area contributed by atoms with Crippen LogP contribution < -0.4 is 10.2 Å². The standard InChI is InChI=1S/C20H24ClN3O/c1-14-10-15(2)12-18(11-14)22-20(25)24-8-6-23(7-9-24)19-13-17(21)5-4-16(19)3/h4-5,10-13H,6-9H2,1-3H3,(H,22,25). The number of urea groups is 1. The van der Waals surface area contributed by atoms with Crippen LogP contribution in [0.5, 0.6) is 0 Å². The van der Waals surface area contributed by atoms with Gasteiger partial charge in [0.2, 0.25) is 0 Å². The van der Waals surface area contributed by atoms with Crippen LogP contribution in [0.1, 0.15) is 16.7 Å². The molecule has 0 aromatic heterocycles. The van der Waals surface area contributed by atoms with E-state index in [4.69, 9.17) is 11.6 Å². The molecular weight excluding hydrogens is 334 g/mol. The second-order valence-electron chi connectivity index (χ2n) is 6.71. The van der Waals surface area contributed by atoms with Crippen LogP contribution in [-0.2, 0) is 0 Å². The van der Waals surface area contributed by atoms with Gasteiger partial charge in [0.05, 0.1) is 0 Å². The quantitative estimate of drug-likeness (QED) is 0.851. The second-order valence-corrected chi connectivity index (χ2v) is 7.15. The van der Waals surface area contributed by atoms with E-state index in [2.05, 4.69) is 23.2 Å². The Kier molecular flexibility index (Phi) is 5.19. The van der Waals surface area contributed by atoms with Gasteiger partial charge in [-0.05, 0) is 61.7 Å². The fourth-order valence-corrected chi connectivity index (χ4v) is 3.49. The van der Waals surface area contributed by atoms with E-state index >= 15 is 0 Å². The molecule has 1 fully saturated rings. The Morgan fingerprint density at radius 1 is 0.960 bits per heavy atom. The summed E-state index contributed by atoms with van der Waals surface area (Å²) in [5, 5.41) is 3.76. The number of anilines is 2. The van der Waals surface area contributed by atoms with Crippen molar-refractivity contribution in [1.82, 2.24) is 4.90 Å². The number of nitrogens with one attached hydrogen (secondary N) is 1. The summed E-state index contributed by atoms with van der Waals surface area (Å²) in [6.07, 6.45) is 0. The molecule has 0 aliphatic carbocycles. The van der Waals surface area contributed by atoms with E-state index in [0.717, 1.165) is 40.6 Å². The Labute approximate surface area is 154 Å². The van der Waals surface area contributed by atoms with E-state index in [1.807, 2.05) is 49.1 Å². The number of carbonyl (C=O) groups is 1. The third-order valence-corrected chi connectivity index (χ3v) is 4.79. The maximum absolute atomic E-state index is 12.5. The molecule has 0 spiro atoms. The lowest BCUT2D eigenvalue weighted by Gasteiger charge is -2.36. The van der Waals surface area contributed by atoms with Crippen molar-refractivity contribution in [3.05, 3.63) is 58.1 Å². The number of nitrogens with zero attached hydrogens (tertiary/aromatic N) is 2. The molecule has 0 radical (unpaired) electrons. The van der Waals surface area contributed by atoms with Crippen LogP contribution in [-0.4, -0.2) is 37.1 Å². The van der Waals surface area contributed by atoms with Gasteiger partial charge in [-0.3, -0.25) is 0 Å². The number of hydrogen-bond acceptors (Lipinski definition) is 2. The largest absolute Gasteiger partial charge is 0.368 e. The maximum atomic E-state index is 12.5. The summed E-state index contributed by atoms with van der Waals surface area (Å²) in [6.45, 7) is 9.17. The first-order valence-electron chi connectivity index (χ1n) is 8.58. The van der Waals surface area contributed by atoms with Crippen molar-refractivity contribution < 1.29 is 4.79 Å². The molecule has 3 rings (SSSR count). The lowest BCUT2D eigenvalue weighted by atomic mass is 10.1. The third kappa shape index (κ3) is 4.26. The predicted molar refractivity (Wildman–Crippen MR) is 105 cm³/mol. The van der Waals surface area contributed by atoms with Crippen LogP contribution in [0.2, 0.25) is 5.02 Å². The first-order valence-corrected chi connectivity index (χ1v) is 8.95. The van der Waals surface area contributed by atoms with E-state index in [1.54, 1.807) is 0 Å². The average molecular weight is 358 g/mol. The molecule has 1 N–H and O–H groups in total. The summed E-state index contributed by atoms with van der Waals surface area (Å²) in [7, 11) is 0. The number of aryl methyl sites for hydroxylation is 3. The molecule has 2 aromatic rings. The normalized spacial score (nSPS) is 14.6. The third-order valence-electron chi connectivity index (χ3n) is 4.55. The predicted octanol–water partition coefficient (Wildman–Crippen LogP) is 4.62. The zero-order valence-corrected chi connectivity index (χ0v) is 15.7. The monoisotopic (exact) mass is 357 g/mol. The molecule has 0 saturated carbocycles. The van der Waals surface area contributed by atoms with Gasteiger partial charge < -0.3 is 15.1 Å². The summed E-state index contributed by atoms with van der Waals surface area (Å²) < 4.78 is 0. The molecule has 4 nitrogen and oxygen atoms in total. The van der Waals surface area contributed by atoms with Crippen molar-refractivity contribution in [3.63, 3.8) is 0 Å². The molecule has 132 valence electrons. The van der Waals surface area contributed by atoms with Crippen LogP contribution in [0.25, 0.3) is 0 Å². The number of amides is 2. The Hall–Kier alpha value is -2.20. The first kappa shape index (κ1) is 17.6. The van der Waals surface area contributed by atoms with E-state index in [1.165, 1.54) is 5.56 Å². The number of rotatable bonds is 2. The minimum atomic E-state index is -0.0348. The van der Waals surface area contributed by atoms with Crippen molar-refractivity contribution in [1.29, 1.82) is 0 Å². The molecule has 1 heterocycles. The molecule has 0 unspecified atom stereocenters. The molecular formula is C20H24ClN3O. The van der Waals surface area contributed by atoms with Gasteiger partial charge in [0.1, 0.15) is 0 Å². The number of halogens is 1. The van der Waals surface area contributed by atoms with E-state index < -0.39 is 0 Å². The minimum Gasteiger partial charge on any atom is -0.368 e. The van der Waals surface area contributed by atoms with Gasteiger partial charge in [0, 0.05) is 42.6 Å². The van der Waals surface area contributed by atoms with Crippen LogP contribution in [0, 0.1) is 20.8 Å². The highest BCUT2D eigenvalue weighted by atomic mass is 35.5. The van der Waals surface area contributed by atoms with Gasteiger partial charge in [0.15, 0.2) is 0 Å². The topological polar surface area (TPSA) is 35.6 Å². The molecule has 2 aromatic carbocycles. The smallest absolute Gasteiger partial charge is 0.321 e. The summed E-state index contributed by atoms with van der Waals surface area (Å²) in [6, 6.07) is 12.0. The summed E-state index contributed by atoms with van der Waals surface area (Å²) in [5.41, 5.74) is 5.52. The van der Waals surface area contributed by atoms with E-state index in [9.17, 15) is 4.79 Å². The molecule has 2 amide bonds. The zero-order chi connectivity index (χ0) is 18.0. The van der Waals surface area contributed by atoms with E-state index in [-0.39, 0.29) is 6.03 Å². The maximum Gasteiger partial charge on any atom is 0.321 e. The number of benzene rings is 2. The highest BCUT2D eigenvalue weighted by Gasteiger charge is 2.22. The van der Waals surface area contributed by atoms with Crippen molar-refractivity contribution in [2.24, 2.45) is 0 Å². The van der Waals surface area contributed by atoms with Gasteiger partial charge >= 0.3 is 6.03 Å². The number of hydrogen-bond donors (Lipinski definition) is 1. The fourth-order valence-electron chi connectivity index (χ4n) is 3.32. The number of carbonyl (C=O) groups excluding carboxylic acids is 1. The highest BCUT2D eigenvalue weighted by molar-refractivity contribution is 6.30. The molecule has 5 heteroatoms. The van der Waals surface area contributed by atoms with Crippen molar-refractivity contribution in [2.75, 3.05) is 36.4 Å². The minimum absolute atomic E-state index is 0.0348. The Bertz CT molecular complexity index is 762. The molecule has 25 heavy (non-hydrogen) atoms. The molecule has 1 saturated heterocycles.